The molecular formula is C57H78Cl3NO7. The second-order valence-electron chi connectivity index (χ2n) is 22.1. The summed E-state index contributed by atoms with van der Waals surface area (Å²) in [6.45, 7) is 13.3. The van der Waals surface area contributed by atoms with Crippen molar-refractivity contribution < 1.29 is 33.2 Å². The number of ether oxygens (including phenoxy) is 6. The molecule has 0 spiro atoms. The number of alkyl halides is 3. The van der Waals surface area contributed by atoms with Gasteiger partial charge in [0.2, 0.25) is 3.79 Å². The van der Waals surface area contributed by atoms with Gasteiger partial charge in [-0.3, -0.25) is 0 Å². The van der Waals surface area contributed by atoms with Crippen LogP contribution in [0.5, 0.6) is 0 Å². The molecule has 1 aliphatic heterocycles. The minimum atomic E-state index is -1.79. The van der Waals surface area contributed by atoms with E-state index in [2.05, 4.69) is 39.9 Å². The van der Waals surface area contributed by atoms with Gasteiger partial charge in [-0.25, -0.2) is 4.79 Å². The van der Waals surface area contributed by atoms with Gasteiger partial charge in [0.15, 0.2) is 6.29 Å². The Labute approximate surface area is 422 Å². The minimum Gasteiger partial charge on any atom is -0.445 e. The highest BCUT2D eigenvalue weighted by molar-refractivity contribution is 6.67. The molecule has 4 aliphatic carbocycles. The maximum atomic E-state index is 13.8. The SMILES string of the molecule is CC(C)CCC[C@@H](C)[C@H]1CC[C@H]2[C@@H]3CCC4C[C@@H](O[C@H]5O[C@H](COCc6ccccc6)[C@@H](OCc6ccccc6)[C@H](OCc6ccccc6)[C@H]5NC(=O)OCC(Cl)(Cl)Cl)CC[C@]4(C)[C@H]3CC[C@]12C. The lowest BCUT2D eigenvalue weighted by Gasteiger charge is -2.61. The maximum Gasteiger partial charge on any atom is 0.407 e. The lowest BCUT2D eigenvalue weighted by Crippen LogP contribution is -2.66. The minimum absolute atomic E-state index is 0.0880. The fourth-order valence-electron chi connectivity index (χ4n) is 14.0. The largest absolute Gasteiger partial charge is 0.445 e. The van der Waals surface area contributed by atoms with Gasteiger partial charge in [-0.2, -0.15) is 0 Å². The van der Waals surface area contributed by atoms with Gasteiger partial charge < -0.3 is 33.7 Å². The van der Waals surface area contributed by atoms with Crippen molar-refractivity contribution in [3.8, 4) is 0 Å². The highest BCUT2D eigenvalue weighted by Gasteiger charge is 2.61. The molecule has 0 aromatic heterocycles. The van der Waals surface area contributed by atoms with Gasteiger partial charge in [-0.05, 0) is 127 Å². The van der Waals surface area contributed by atoms with Crippen molar-refractivity contribution in [2.45, 2.75) is 172 Å². The number of rotatable bonds is 19. The summed E-state index contributed by atoms with van der Waals surface area (Å²) in [5, 5.41) is 3.07. The Kier molecular flexibility index (Phi) is 17.9. The monoisotopic (exact) mass is 993 g/mol. The third-order valence-corrected chi connectivity index (χ3v) is 17.7. The predicted molar refractivity (Wildman–Crippen MR) is 271 cm³/mol. The summed E-state index contributed by atoms with van der Waals surface area (Å²) in [4.78, 5) is 13.8. The lowest BCUT2D eigenvalue weighted by molar-refractivity contribution is -0.304. The third-order valence-electron chi connectivity index (χ3n) is 17.4. The van der Waals surface area contributed by atoms with E-state index in [1.54, 1.807) is 0 Å². The smallest absolute Gasteiger partial charge is 0.407 e. The first-order valence-corrected chi connectivity index (χ1v) is 27.1. The van der Waals surface area contributed by atoms with Crippen molar-refractivity contribution >= 4 is 40.9 Å². The van der Waals surface area contributed by atoms with Crippen molar-refractivity contribution in [1.82, 2.24) is 5.32 Å². The van der Waals surface area contributed by atoms with E-state index in [9.17, 15) is 4.79 Å². The Morgan fingerprint density at radius 3 is 1.97 bits per heavy atom. The summed E-state index contributed by atoms with van der Waals surface area (Å²) < 4.78 is 38.1. The topological polar surface area (TPSA) is 84.5 Å². The number of carbonyl (C=O) groups is 1. The van der Waals surface area contributed by atoms with E-state index in [1.807, 2.05) is 91.0 Å². The summed E-state index contributed by atoms with van der Waals surface area (Å²) in [5.74, 6) is 5.37. The molecule has 1 N–H and O–H groups in total. The molecule has 1 amide bonds. The fraction of sp³-hybridized carbons (Fsp3) is 0.667. The molecule has 68 heavy (non-hydrogen) atoms. The van der Waals surface area contributed by atoms with Crippen LogP contribution in [0.3, 0.4) is 0 Å². The zero-order valence-electron chi connectivity index (χ0n) is 41.2. The van der Waals surface area contributed by atoms with E-state index in [0.29, 0.717) is 17.9 Å². The van der Waals surface area contributed by atoms with Crippen LogP contribution >= 0.6 is 34.8 Å². The van der Waals surface area contributed by atoms with Crippen molar-refractivity contribution in [2.75, 3.05) is 13.2 Å². The van der Waals surface area contributed by atoms with E-state index in [-0.39, 0.29) is 31.3 Å². The van der Waals surface area contributed by atoms with E-state index in [1.165, 1.54) is 57.8 Å². The molecule has 4 saturated carbocycles. The zero-order valence-corrected chi connectivity index (χ0v) is 43.4. The zero-order chi connectivity index (χ0) is 47.9. The molecule has 8 nitrogen and oxygen atoms in total. The molecule has 1 heterocycles. The van der Waals surface area contributed by atoms with E-state index < -0.39 is 47.1 Å². The molecule has 1 unspecified atom stereocenters. The standard InChI is InChI=1S/C57H78Cl3NO7/c1-38(2)16-15-17-39(3)46-26-27-47-45-25-24-43-32-44(28-30-55(43,4)48(45)29-31-56(46,47)5)67-53-50(61-54(62)66-37-57(58,59)60)52(65-35-42-22-13-8-14-23-42)51(64-34-41-20-11-7-12-21-41)49(68-53)36-63-33-40-18-9-6-10-19-40/h6-14,18-23,38-39,43-53H,15-17,24-37H2,1-5H3,(H,61,62)/t39-,43?,44+,45+,46-,47+,48+,49-,50-,51-,52-,53+,55+,56-/m1/s1. The maximum absolute atomic E-state index is 13.8. The second kappa shape index (κ2) is 23.4. The highest BCUT2D eigenvalue weighted by atomic mass is 35.6. The van der Waals surface area contributed by atoms with E-state index in [0.717, 1.165) is 71.5 Å². The van der Waals surface area contributed by atoms with Crippen LogP contribution in [0, 0.1) is 52.3 Å². The molecule has 3 aromatic carbocycles. The third kappa shape index (κ3) is 12.8. The highest BCUT2D eigenvalue weighted by Crippen LogP contribution is 2.68. The first-order chi connectivity index (χ1) is 32.7. The van der Waals surface area contributed by atoms with E-state index >= 15 is 0 Å². The molecule has 14 atom stereocenters. The number of fused-ring (bicyclic) bond motifs is 5. The number of carbonyl (C=O) groups excluding carboxylic acids is 1. The van der Waals surface area contributed by atoms with Gasteiger partial charge in [0.25, 0.3) is 0 Å². The van der Waals surface area contributed by atoms with Crippen molar-refractivity contribution in [1.29, 1.82) is 0 Å². The summed E-state index contributed by atoms with van der Waals surface area (Å²) in [7, 11) is 0. The van der Waals surface area contributed by atoms with Crippen LogP contribution < -0.4 is 5.32 Å². The van der Waals surface area contributed by atoms with Crippen LogP contribution in [0.15, 0.2) is 91.0 Å². The Morgan fingerprint density at radius 1 is 0.735 bits per heavy atom. The predicted octanol–water partition coefficient (Wildman–Crippen LogP) is 14.1. The van der Waals surface area contributed by atoms with Crippen LogP contribution in [0.1, 0.15) is 128 Å². The van der Waals surface area contributed by atoms with Gasteiger partial charge in [-0.1, -0.05) is 180 Å². The Morgan fingerprint density at radius 2 is 1.34 bits per heavy atom. The molecule has 374 valence electrons. The number of halogens is 3. The average Bonchev–Trinajstić information content (AvgIpc) is 3.69. The average molecular weight is 996 g/mol. The van der Waals surface area contributed by atoms with Gasteiger partial charge >= 0.3 is 6.09 Å². The van der Waals surface area contributed by atoms with Crippen LogP contribution in [0.2, 0.25) is 0 Å². The summed E-state index contributed by atoms with van der Waals surface area (Å²) in [5.41, 5.74) is 3.74. The molecule has 0 bridgehead atoms. The number of hydrogen-bond donors (Lipinski definition) is 1. The molecule has 5 aliphatic rings. The molecule has 11 heteroatoms. The molecular weight excluding hydrogens is 917 g/mol. The van der Waals surface area contributed by atoms with Crippen molar-refractivity contribution in [3.05, 3.63) is 108 Å². The summed E-state index contributed by atoms with van der Waals surface area (Å²) in [6.07, 6.45) is 11.3. The fourth-order valence-corrected chi connectivity index (χ4v) is 14.2. The van der Waals surface area contributed by atoms with Gasteiger partial charge in [0, 0.05) is 0 Å². The molecule has 5 fully saturated rings. The molecule has 1 saturated heterocycles. The second-order valence-corrected chi connectivity index (χ2v) is 24.7. The Balaban J connectivity index is 1.03. The number of alkyl carbamates (subject to hydrolysis) is 1. The molecule has 3 aromatic rings. The van der Waals surface area contributed by atoms with Crippen LogP contribution in [0.4, 0.5) is 4.79 Å². The van der Waals surface area contributed by atoms with Crippen molar-refractivity contribution in [2.24, 2.45) is 52.3 Å². The molecule has 0 radical (unpaired) electrons. The molecule has 8 rings (SSSR count). The lowest BCUT2D eigenvalue weighted by atomic mass is 9.44. The quantitative estimate of drug-likeness (QED) is 0.0946. The Hall–Kier alpha value is -2.40. The van der Waals surface area contributed by atoms with Gasteiger partial charge in [0.1, 0.15) is 31.0 Å². The van der Waals surface area contributed by atoms with Crippen LogP contribution in [0.25, 0.3) is 0 Å². The van der Waals surface area contributed by atoms with Gasteiger partial charge in [-0.15, -0.1) is 0 Å². The number of nitrogens with one attached hydrogen (secondary N) is 1. The first kappa shape index (κ1) is 51.9. The number of benzene rings is 3. The van der Waals surface area contributed by atoms with E-state index in [4.69, 9.17) is 63.2 Å². The van der Waals surface area contributed by atoms with Crippen LogP contribution in [-0.4, -0.2) is 59.8 Å². The normalized spacial score (nSPS) is 34.1. The summed E-state index contributed by atoms with van der Waals surface area (Å²) >= 11 is 18.2. The number of hydrogen-bond acceptors (Lipinski definition) is 7. The first-order valence-electron chi connectivity index (χ1n) is 25.9. The van der Waals surface area contributed by atoms with Gasteiger partial charge in [0.05, 0.1) is 32.5 Å². The van der Waals surface area contributed by atoms with Crippen molar-refractivity contribution in [3.63, 3.8) is 0 Å². The number of amides is 1. The summed E-state index contributed by atoms with van der Waals surface area (Å²) in [6, 6.07) is 29.2. The van der Waals surface area contributed by atoms with Crippen LogP contribution in [-0.2, 0) is 48.2 Å². The Bertz CT molecular complexity index is 2010.